The van der Waals surface area contributed by atoms with E-state index in [-0.39, 0.29) is 29.9 Å². The Bertz CT molecular complexity index is 1210. The molecular formula is C37H48O8. The van der Waals surface area contributed by atoms with Crippen molar-refractivity contribution in [1.82, 2.24) is 0 Å². The minimum absolute atomic E-state index is 0.301. The van der Waals surface area contributed by atoms with Gasteiger partial charge in [0.15, 0.2) is 34.6 Å². The predicted molar refractivity (Wildman–Crippen MR) is 177 cm³/mol. The van der Waals surface area contributed by atoms with Gasteiger partial charge in [-0.1, -0.05) is 76.7 Å². The number of hydrogen-bond acceptors (Lipinski definition) is 8. The highest BCUT2D eigenvalue weighted by molar-refractivity contribution is 6.10. The quantitative estimate of drug-likeness (QED) is 0.0424. The summed E-state index contributed by atoms with van der Waals surface area (Å²) in [5, 5.41) is 0. The summed E-state index contributed by atoms with van der Waals surface area (Å²) in [5.41, 5.74) is 1.34. The van der Waals surface area contributed by atoms with Crippen LogP contribution in [0.4, 0.5) is 0 Å². The van der Waals surface area contributed by atoms with Gasteiger partial charge in [0.25, 0.3) is 0 Å². The molecule has 0 aromatic heterocycles. The van der Waals surface area contributed by atoms with Crippen molar-refractivity contribution in [3.8, 4) is 23.0 Å². The van der Waals surface area contributed by atoms with Gasteiger partial charge in [-0.2, -0.15) is 0 Å². The number of ketones is 2. The maximum absolute atomic E-state index is 12.5. The number of allylic oxidation sites excluding steroid dienone is 2. The van der Waals surface area contributed by atoms with Gasteiger partial charge in [0.1, 0.15) is 0 Å². The molecule has 45 heavy (non-hydrogen) atoms. The number of carbonyl (C=O) groups excluding carboxylic acids is 4. The second-order valence-electron chi connectivity index (χ2n) is 10.6. The lowest BCUT2D eigenvalue weighted by Gasteiger charge is -2.11. The van der Waals surface area contributed by atoms with Crippen LogP contribution in [0.2, 0.25) is 0 Å². The van der Waals surface area contributed by atoms with Crippen molar-refractivity contribution in [1.29, 1.82) is 0 Å². The van der Waals surface area contributed by atoms with Crippen LogP contribution in [0.5, 0.6) is 23.0 Å². The zero-order valence-electron chi connectivity index (χ0n) is 27.2. The van der Waals surface area contributed by atoms with Gasteiger partial charge < -0.3 is 18.9 Å². The SMILES string of the molecule is CCCCCCC(=O)Oc1ccc(/C=C/C(=O)CC(=O)/C=C/c2ccc(OC(=O)CCCCCC)c(OCC)c2)cc1OCC. The molecule has 8 heteroatoms. The summed E-state index contributed by atoms with van der Waals surface area (Å²) in [4.78, 5) is 49.4. The van der Waals surface area contributed by atoms with Gasteiger partial charge in [0, 0.05) is 12.8 Å². The molecule has 0 spiro atoms. The molecule has 0 saturated carbocycles. The maximum Gasteiger partial charge on any atom is 0.311 e. The summed E-state index contributed by atoms with van der Waals surface area (Å²) in [6.45, 7) is 8.66. The molecule has 0 N–H and O–H groups in total. The third-order valence-corrected chi connectivity index (χ3v) is 6.72. The maximum atomic E-state index is 12.5. The van der Waals surface area contributed by atoms with Crippen LogP contribution in [0.15, 0.2) is 48.6 Å². The molecule has 0 bridgehead atoms. The van der Waals surface area contributed by atoms with Crippen LogP contribution in [0.3, 0.4) is 0 Å². The molecule has 0 atom stereocenters. The van der Waals surface area contributed by atoms with Gasteiger partial charge in [-0.05, 0) is 74.2 Å². The van der Waals surface area contributed by atoms with E-state index in [4.69, 9.17) is 18.9 Å². The second kappa shape index (κ2) is 21.5. The monoisotopic (exact) mass is 620 g/mol. The van der Waals surface area contributed by atoms with Gasteiger partial charge in [0.05, 0.1) is 19.6 Å². The second-order valence-corrected chi connectivity index (χ2v) is 10.6. The van der Waals surface area contributed by atoms with E-state index in [2.05, 4.69) is 13.8 Å². The highest BCUT2D eigenvalue weighted by Gasteiger charge is 2.13. The third kappa shape index (κ3) is 14.9. The van der Waals surface area contributed by atoms with Gasteiger partial charge in [-0.15, -0.1) is 0 Å². The smallest absolute Gasteiger partial charge is 0.311 e. The molecule has 8 nitrogen and oxygen atoms in total. The summed E-state index contributed by atoms with van der Waals surface area (Å²) < 4.78 is 22.3. The Labute approximate surface area is 267 Å². The predicted octanol–water partition coefficient (Wildman–Crippen LogP) is 8.49. The number of hydrogen-bond donors (Lipinski definition) is 0. The van der Waals surface area contributed by atoms with Crippen LogP contribution in [-0.4, -0.2) is 36.7 Å². The fourth-order valence-electron chi connectivity index (χ4n) is 4.37. The topological polar surface area (TPSA) is 105 Å². The van der Waals surface area contributed by atoms with Crippen molar-refractivity contribution in [3.63, 3.8) is 0 Å². The van der Waals surface area contributed by atoms with Crippen LogP contribution in [-0.2, 0) is 19.2 Å². The number of esters is 2. The number of carbonyl (C=O) groups is 4. The first-order chi connectivity index (χ1) is 21.8. The van der Waals surface area contributed by atoms with E-state index in [1.165, 1.54) is 12.2 Å². The Kier molecular flexibility index (Phi) is 17.7. The van der Waals surface area contributed by atoms with Crippen LogP contribution >= 0.6 is 0 Å². The van der Waals surface area contributed by atoms with Crippen LogP contribution in [0.1, 0.15) is 109 Å². The molecule has 0 heterocycles. The fraction of sp³-hybridized carbons (Fsp3) is 0.459. The summed E-state index contributed by atoms with van der Waals surface area (Å²) in [7, 11) is 0. The van der Waals surface area contributed by atoms with Gasteiger partial charge in [-0.3, -0.25) is 19.2 Å². The van der Waals surface area contributed by atoms with E-state index in [0.29, 0.717) is 60.2 Å². The Balaban J connectivity index is 1.96. The average Bonchev–Trinajstić information content (AvgIpc) is 3.02. The molecule has 0 amide bonds. The van der Waals surface area contributed by atoms with Crippen molar-refractivity contribution in [2.24, 2.45) is 0 Å². The van der Waals surface area contributed by atoms with Gasteiger partial charge >= 0.3 is 11.9 Å². The van der Waals surface area contributed by atoms with E-state index in [9.17, 15) is 19.2 Å². The number of benzene rings is 2. The van der Waals surface area contributed by atoms with Crippen molar-refractivity contribution in [2.75, 3.05) is 13.2 Å². The molecule has 0 radical (unpaired) electrons. The molecule has 0 aliphatic rings. The molecule has 2 aromatic rings. The Morgan fingerprint density at radius 2 is 0.978 bits per heavy atom. The number of unbranched alkanes of at least 4 members (excludes halogenated alkanes) is 6. The zero-order valence-corrected chi connectivity index (χ0v) is 27.2. The van der Waals surface area contributed by atoms with E-state index in [0.717, 1.165) is 51.4 Å². The summed E-state index contributed by atoms with van der Waals surface area (Å²) >= 11 is 0. The van der Waals surface area contributed by atoms with E-state index in [1.54, 1.807) is 48.6 Å². The minimum atomic E-state index is -0.360. The lowest BCUT2D eigenvalue weighted by molar-refractivity contribution is -0.135. The standard InChI is InChI=1S/C37H48O8/c1-5-9-11-13-15-36(40)44-32-23-19-28(25-34(32)42-7-3)17-21-30(38)27-31(39)22-18-29-20-24-33(35(26-29)43-8-4)45-37(41)16-14-12-10-6-2/h17-26H,5-16,27H2,1-4H3/b21-17+,22-18+. The molecule has 0 aliphatic carbocycles. The Morgan fingerprint density at radius 1 is 0.556 bits per heavy atom. The normalized spacial score (nSPS) is 11.1. The van der Waals surface area contributed by atoms with E-state index in [1.807, 2.05) is 13.8 Å². The van der Waals surface area contributed by atoms with Gasteiger partial charge in [-0.25, -0.2) is 0 Å². The highest BCUT2D eigenvalue weighted by Crippen LogP contribution is 2.31. The summed E-state index contributed by atoms with van der Waals surface area (Å²) in [6.07, 6.45) is 14.2. The van der Waals surface area contributed by atoms with E-state index >= 15 is 0 Å². The fourth-order valence-corrected chi connectivity index (χ4v) is 4.37. The van der Waals surface area contributed by atoms with Gasteiger partial charge in [0.2, 0.25) is 0 Å². The van der Waals surface area contributed by atoms with Crippen molar-refractivity contribution in [3.05, 3.63) is 59.7 Å². The minimum Gasteiger partial charge on any atom is -0.490 e. The lowest BCUT2D eigenvalue weighted by atomic mass is 10.1. The van der Waals surface area contributed by atoms with Crippen molar-refractivity contribution >= 4 is 35.7 Å². The number of ether oxygens (including phenoxy) is 4. The molecular weight excluding hydrogens is 572 g/mol. The Morgan fingerprint density at radius 3 is 1.36 bits per heavy atom. The third-order valence-electron chi connectivity index (χ3n) is 6.72. The molecule has 2 rings (SSSR count). The van der Waals surface area contributed by atoms with Crippen LogP contribution in [0.25, 0.3) is 12.2 Å². The first-order valence-corrected chi connectivity index (χ1v) is 16.2. The molecule has 0 saturated heterocycles. The Hall–Kier alpha value is -4.20. The highest BCUT2D eigenvalue weighted by atomic mass is 16.6. The molecule has 0 aliphatic heterocycles. The lowest BCUT2D eigenvalue weighted by Crippen LogP contribution is -2.09. The first kappa shape index (κ1) is 37.0. The summed E-state index contributed by atoms with van der Waals surface area (Å²) in [5.74, 6) is 0.157. The van der Waals surface area contributed by atoms with Crippen molar-refractivity contribution in [2.45, 2.75) is 98.3 Å². The number of rotatable bonds is 22. The molecule has 0 unspecified atom stereocenters. The van der Waals surface area contributed by atoms with Crippen molar-refractivity contribution < 1.29 is 38.1 Å². The summed E-state index contributed by atoms with van der Waals surface area (Å²) in [6, 6.07) is 10.1. The van der Waals surface area contributed by atoms with E-state index < -0.39 is 0 Å². The van der Waals surface area contributed by atoms with Crippen LogP contribution in [0, 0.1) is 0 Å². The molecule has 244 valence electrons. The van der Waals surface area contributed by atoms with Crippen LogP contribution < -0.4 is 18.9 Å². The first-order valence-electron chi connectivity index (χ1n) is 16.2. The largest absolute Gasteiger partial charge is 0.490 e. The molecule has 2 aromatic carbocycles. The molecule has 0 fully saturated rings. The average molecular weight is 621 g/mol. The zero-order chi connectivity index (χ0) is 32.9.